The van der Waals surface area contributed by atoms with Gasteiger partial charge in [-0.3, -0.25) is 9.78 Å². The molecule has 1 aliphatic rings. The van der Waals surface area contributed by atoms with Crippen molar-refractivity contribution in [2.45, 2.75) is 51.4 Å². The Morgan fingerprint density at radius 2 is 1.92 bits per heavy atom. The summed E-state index contributed by atoms with van der Waals surface area (Å²) in [4.78, 5) is 18.3. The highest BCUT2D eigenvalue weighted by Crippen LogP contribution is 2.33. The zero-order valence-electron chi connectivity index (χ0n) is 21.5. The average molecular weight is 544 g/mol. The van der Waals surface area contributed by atoms with Crippen LogP contribution in [-0.4, -0.2) is 47.7 Å². The molecule has 2 unspecified atom stereocenters. The fourth-order valence-corrected chi connectivity index (χ4v) is 6.11. The number of methoxy groups -OCH3 is 1. The van der Waals surface area contributed by atoms with Gasteiger partial charge in [0.25, 0.3) is 0 Å². The molecule has 0 spiro atoms. The standard InChI is InChI=1S/C30H36Cl2N2O3/c1-37-25-11-12-28-26(19-25)22(14-16-33-28)6-2-5-21-15-18-34(20-24(21)10-13-29(35)36)17-4-8-23-7-3-9-27(31)30(23)32/h3,7,9,11-12,14,16,19,21,24H,2,4-6,8,10,13,15,17-18,20H2,1H3,(H,35,36). The number of carboxylic acid groups (broad SMARTS) is 1. The van der Waals surface area contributed by atoms with E-state index in [1.54, 1.807) is 7.11 Å². The quantitative estimate of drug-likeness (QED) is 0.260. The summed E-state index contributed by atoms with van der Waals surface area (Å²) in [5, 5.41) is 11.7. The molecule has 1 aliphatic heterocycles. The van der Waals surface area contributed by atoms with Crippen LogP contribution in [0.1, 0.15) is 49.7 Å². The van der Waals surface area contributed by atoms with Crippen LogP contribution in [0.5, 0.6) is 5.75 Å². The summed E-state index contributed by atoms with van der Waals surface area (Å²) < 4.78 is 5.42. The molecule has 2 aromatic carbocycles. The van der Waals surface area contributed by atoms with E-state index in [-0.39, 0.29) is 6.42 Å². The first kappa shape index (κ1) is 27.7. The van der Waals surface area contributed by atoms with Crippen LogP contribution in [0, 0.1) is 11.8 Å². The lowest BCUT2D eigenvalue weighted by Crippen LogP contribution is -2.41. The van der Waals surface area contributed by atoms with Crippen LogP contribution in [0.2, 0.25) is 10.0 Å². The number of pyridine rings is 1. The van der Waals surface area contributed by atoms with E-state index in [9.17, 15) is 9.90 Å². The molecule has 2 heterocycles. The molecule has 0 amide bonds. The molecule has 198 valence electrons. The van der Waals surface area contributed by atoms with E-state index in [1.807, 2.05) is 36.5 Å². The van der Waals surface area contributed by atoms with Gasteiger partial charge in [-0.1, -0.05) is 35.3 Å². The maximum Gasteiger partial charge on any atom is 0.303 e. The highest BCUT2D eigenvalue weighted by Gasteiger charge is 2.29. The van der Waals surface area contributed by atoms with Gasteiger partial charge in [0, 0.05) is 24.5 Å². The minimum Gasteiger partial charge on any atom is -0.497 e. The van der Waals surface area contributed by atoms with Gasteiger partial charge >= 0.3 is 5.97 Å². The number of carbonyl (C=O) groups is 1. The molecule has 1 saturated heterocycles. The number of piperidine rings is 1. The zero-order chi connectivity index (χ0) is 26.2. The topological polar surface area (TPSA) is 62.7 Å². The number of hydrogen-bond donors (Lipinski definition) is 1. The van der Waals surface area contributed by atoms with Gasteiger partial charge < -0.3 is 14.7 Å². The lowest BCUT2D eigenvalue weighted by Gasteiger charge is -2.39. The second-order valence-corrected chi connectivity index (χ2v) is 10.9. The summed E-state index contributed by atoms with van der Waals surface area (Å²) in [5.74, 6) is 1.11. The summed E-state index contributed by atoms with van der Waals surface area (Å²) in [7, 11) is 1.69. The molecule has 5 nitrogen and oxygen atoms in total. The van der Waals surface area contributed by atoms with E-state index in [1.165, 1.54) is 5.56 Å². The Bertz CT molecular complexity index is 1200. The third-order valence-corrected chi connectivity index (χ3v) is 8.57. The first-order valence-corrected chi connectivity index (χ1v) is 14.0. The predicted octanol–water partition coefficient (Wildman–Crippen LogP) is 7.31. The fourth-order valence-electron chi connectivity index (χ4n) is 5.69. The molecule has 3 aromatic rings. The molecule has 37 heavy (non-hydrogen) atoms. The van der Waals surface area contributed by atoms with Crippen molar-refractivity contribution in [3.05, 3.63) is 69.8 Å². The molecule has 7 heteroatoms. The molecular formula is C30H36Cl2N2O3. The first-order chi connectivity index (χ1) is 17.9. The molecular weight excluding hydrogens is 507 g/mol. The first-order valence-electron chi connectivity index (χ1n) is 13.2. The molecule has 0 saturated carbocycles. The maximum absolute atomic E-state index is 11.3. The molecule has 0 radical (unpaired) electrons. The second kappa shape index (κ2) is 13.5. The monoisotopic (exact) mass is 542 g/mol. The Morgan fingerprint density at radius 3 is 2.73 bits per heavy atom. The van der Waals surface area contributed by atoms with Crippen LogP contribution in [0.4, 0.5) is 0 Å². The van der Waals surface area contributed by atoms with Crippen LogP contribution in [0.3, 0.4) is 0 Å². The number of aromatic nitrogens is 1. The molecule has 0 aliphatic carbocycles. The van der Waals surface area contributed by atoms with Crippen molar-refractivity contribution < 1.29 is 14.6 Å². The number of likely N-dealkylation sites (tertiary alicyclic amines) is 1. The van der Waals surface area contributed by atoms with Gasteiger partial charge in [-0.25, -0.2) is 0 Å². The SMILES string of the molecule is COc1ccc2nccc(CCCC3CCN(CCCc4cccc(Cl)c4Cl)CC3CCC(=O)O)c2c1. The van der Waals surface area contributed by atoms with Gasteiger partial charge in [0.1, 0.15) is 5.75 Å². The van der Waals surface area contributed by atoms with Crippen LogP contribution >= 0.6 is 23.2 Å². The number of aryl methyl sites for hydroxylation is 2. The molecule has 1 N–H and O–H groups in total. The molecule has 2 atom stereocenters. The Hall–Kier alpha value is -2.34. The van der Waals surface area contributed by atoms with Crippen molar-refractivity contribution in [2.75, 3.05) is 26.7 Å². The minimum atomic E-state index is -0.705. The summed E-state index contributed by atoms with van der Waals surface area (Å²) in [6.45, 7) is 3.02. The van der Waals surface area contributed by atoms with E-state index in [4.69, 9.17) is 27.9 Å². The molecule has 4 rings (SSSR count). The Kier molecular flexibility index (Phi) is 10.1. The van der Waals surface area contributed by atoms with Gasteiger partial charge in [-0.05, 0) is 111 Å². The molecule has 1 aromatic heterocycles. The van der Waals surface area contributed by atoms with Gasteiger partial charge in [-0.2, -0.15) is 0 Å². The lowest BCUT2D eigenvalue weighted by molar-refractivity contribution is -0.137. The van der Waals surface area contributed by atoms with E-state index >= 15 is 0 Å². The van der Waals surface area contributed by atoms with E-state index in [2.05, 4.69) is 22.0 Å². The van der Waals surface area contributed by atoms with Crippen LogP contribution in [0.15, 0.2) is 48.7 Å². The smallest absolute Gasteiger partial charge is 0.303 e. The zero-order valence-corrected chi connectivity index (χ0v) is 23.0. The van der Waals surface area contributed by atoms with Crippen molar-refractivity contribution in [3.8, 4) is 5.75 Å². The summed E-state index contributed by atoms with van der Waals surface area (Å²) in [6.07, 6.45) is 9.06. The second-order valence-electron chi connectivity index (χ2n) is 10.1. The van der Waals surface area contributed by atoms with Crippen LogP contribution in [0.25, 0.3) is 10.9 Å². The predicted molar refractivity (Wildman–Crippen MR) is 151 cm³/mol. The maximum atomic E-state index is 11.3. The number of hydrogen-bond acceptors (Lipinski definition) is 4. The highest BCUT2D eigenvalue weighted by atomic mass is 35.5. The average Bonchev–Trinajstić information content (AvgIpc) is 2.90. The van der Waals surface area contributed by atoms with Gasteiger partial charge in [0.2, 0.25) is 0 Å². The van der Waals surface area contributed by atoms with Gasteiger partial charge in [0.15, 0.2) is 0 Å². The van der Waals surface area contributed by atoms with Crippen LogP contribution < -0.4 is 4.74 Å². The van der Waals surface area contributed by atoms with E-state index in [0.717, 1.165) is 86.8 Å². The van der Waals surface area contributed by atoms with Crippen molar-refractivity contribution in [2.24, 2.45) is 11.8 Å². The Labute approximate surface area is 229 Å². The Balaban J connectivity index is 1.32. The fraction of sp³-hybridized carbons (Fsp3) is 0.467. The van der Waals surface area contributed by atoms with Crippen molar-refractivity contribution in [1.29, 1.82) is 0 Å². The minimum absolute atomic E-state index is 0.238. The largest absolute Gasteiger partial charge is 0.497 e. The summed E-state index contributed by atoms with van der Waals surface area (Å²) >= 11 is 12.5. The van der Waals surface area contributed by atoms with Gasteiger partial charge in [0.05, 0.1) is 22.7 Å². The number of nitrogens with zero attached hydrogens (tertiary/aromatic N) is 2. The summed E-state index contributed by atoms with van der Waals surface area (Å²) in [6, 6.07) is 13.9. The third-order valence-electron chi connectivity index (χ3n) is 7.72. The van der Waals surface area contributed by atoms with E-state index < -0.39 is 5.97 Å². The van der Waals surface area contributed by atoms with Crippen molar-refractivity contribution in [3.63, 3.8) is 0 Å². The van der Waals surface area contributed by atoms with E-state index in [0.29, 0.717) is 21.9 Å². The third kappa shape index (κ3) is 7.59. The highest BCUT2D eigenvalue weighted by molar-refractivity contribution is 6.42. The van der Waals surface area contributed by atoms with Crippen molar-refractivity contribution >= 4 is 40.1 Å². The van der Waals surface area contributed by atoms with Gasteiger partial charge in [-0.15, -0.1) is 0 Å². The van der Waals surface area contributed by atoms with Crippen molar-refractivity contribution in [1.82, 2.24) is 9.88 Å². The molecule has 1 fully saturated rings. The van der Waals surface area contributed by atoms with Crippen LogP contribution in [-0.2, 0) is 17.6 Å². The number of halogens is 2. The number of ether oxygens (including phenoxy) is 1. The summed E-state index contributed by atoms with van der Waals surface area (Å²) in [5.41, 5.74) is 3.38. The molecule has 0 bridgehead atoms. The number of carboxylic acids is 1. The normalized spacial score (nSPS) is 18.2. The number of rotatable bonds is 12. The number of aliphatic carboxylic acids is 1. The lowest BCUT2D eigenvalue weighted by atomic mass is 9.79. The number of fused-ring (bicyclic) bond motifs is 1. The number of benzene rings is 2. The Morgan fingerprint density at radius 1 is 1.08 bits per heavy atom.